The maximum absolute atomic E-state index is 11.5. The van der Waals surface area contributed by atoms with Crippen molar-refractivity contribution in [3.63, 3.8) is 0 Å². The molecule has 1 saturated carbocycles. The van der Waals surface area contributed by atoms with Crippen LogP contribution in [0.1, 0.15) is 25.7 Å². The van der Waals surface area contributed by atoms with Crippen LogP contribution in [0.25, 0.3) is 0 Å². The Morgan fingerprint density at radius 2 is 2.23 bits per heavy atom. The van der Waals surface area contributed by atoms with E-state index < -0.39 is 0 Å². The number of hydrogen-bond acceptors (Lipinski definition) is 2. The minimum atomic E-state index is -0.0258. The second kappa shape index (κ2) is 4.88. The van der Waals surface area contributed by atoms with Crippen molar-refractivity contribution in [1.29, 1.82) is 0 Å². The maximum atomic E-state index is 11.5. The van der Waals surface area contributed by atoms with E-state index in [1.165, 1.54) is 0 Å². The first-order valence-corrected chi connectivity index (χ1v) is 4.72. The second-order valence-corrected chi connectivity index (χ2v) is 3.48. The molecule has 2 atom stereocenters. The Labute approximate surface area is 79.1 Å². The number of amides is 1. The van der Waals surface area contributed by atoms with E-state index >= 15 is 0 Å². The highest BCUT2D eigenvalue weighted by atomic mass is 16.1. The largest absolute Gasteiger partial charge is 0.345 e. The Kier molecular flexibility index (Phi) is 3.78. The highest BCUT2D eigenvalue weighted by Gasteiger charge is 2.27. The Hall–Kier alpha value is -1.01. The molecule has 0 heterocycles. The van der Waals surface area contributed by atoms with Gasteiger partial charge in [-0.3, -0.25) is 4.79 Å². The predicted molar refractivity (Wildman–Crippen MR) is 51.8 cm³/mol. The molecule has 1 fully saturated rings. The lowest BCUT2D eigenvalue weighted by atomic mass is 9.84. The molecule has 1 aliphatic rings. The molecule has 0 bridgehead atoms. The van der Waals surface area contributed by atoms with Gasteiger partial charge in [0, 0.05) is 6.04 Å². The summed E-state index contributed by atoms with van der Waals surface area (Å²) in [5.74, 6) is 2.37. The zero-order valence-electron chi connectivity index (χ0n) is 7.75. The molecular weight excluding hydrogens is 164 g/mol. The molecule has 0 aromatic heterocycles. The fourth-order valence-electron chi connectivity index (χ4n) is 1.75. The molecule has 1 amide bonds. The molecule has 3 heteroatoms. The standard InChI is InChI=1S/C10H16N2O/c1-2-7-12-10(13)8-5-3-4-6-9(8)11/h1,8-9H,3-7,11H2,(H,12,13)/t8-,9-/m0/s1. The van der Waals surface area contributed by atoms with Crippen molar-refractivity contribution in [2.75, 3.05) is 6.54 Å². The average Bonchev–Trinajstić information content (AvgIpc) is 2.15. The Bertz CT molecular complexity index is 219. The summed E-state index contributed by atoms with van der Waals surface area (Å²) in [6, 6.07) is 0.0199. The van der Waals surface area contributed by atoms with Crippen LogP contribution < -0.4 is 11.1 Å². The minimum absolute atomic E-state index is 0.0187. The summed E-state index contributed by atoms with van der Waals surface area (Å²) in [5.41, 5.74) is 5.84. The van der Waals surface area contributed by atoms with E-state index in [1.54, 1.807) is 0 Å². The van der Waals surface area contributed by atoms with Gasteiger partial charge in [-0.2, -0.15) is 0 Å². The second-order valence-electron chi connectivity index (χ2n) is 3.48. The van der Waals surface area contributed by atoms with Crippen LogP contribution in [0.15, 0.2) is 0 Å². The van der Waals surface area contributed by atoms with Crippen LogP contribution in [0.3, 0.4) is 0 Å². The number of nitrogens with two attached hydrogens (primary N) is 1. The molecule has 72 valence electrons. The number of carbonyl (C=O) groups is 1. The average molecular weight is 180 g/mol. The Morgan fingerprint density at radius 3 is 2.85 bits per heavy atom. The van der Waals surface area contributed by atoms with Gasteiger partial charge in [-0.05, 0) is 12.8 Å². The van der Waals surface area contributed by atoms with Gasteiger partial charge in [0.1, 0.15) is 0 Å². The summed E-state index contributed by atoms with van der Waals surface area (Å²) < 4.78 is 0. The Morgan fingerprint density at radius 1 is 1.54 bits per heavy atom. The first-order valence-electron chi connectivity index (χ1n) is 4.72. The van der Waals surface area contributed by atoms with Gasteiger partial charge in [0.05, 0.1) is 12.5 Å². The summed E-state index contributed by atoms with van der Waals surface area (Å²) in [5, 5.41) is 2.68. The van der Waals surface area contributed by atoms with Crippen LogP contribution in [-0.4, -0.2) is 18.5 Å². The lowest BCUT2D eigenvalue weighted by Crippen LogP contribution is -2.43. The van der Waals surface area contributed by atoms with E-state index in [0.29, 0.717) is 6.54 Å². The van der Waals surface area contributed by atoms with Gasteiger partial charge in [0.25, 0.3) is 0 Å². The number of rotatable bonds is 2. The zero-order valence-corrected chi connectivity index (χ0v) is 7.75. The van der Waals surface area contributed by atoms with Crippen molar-refractivity contribution in [3.8, 4) is 12.3 Å². The van der Waals surface area contributed by atoms with Crippen LogP contribution in [0.5, 0.6) is 0 Å². The van der Waals surface area contributed by atoms with Crippen LogP contribution in [0.2, 0.25) is 0 Å². The van der Waals surface area contributed by atoms with E-state index in [1.807, 2.05) is 0 Å². The normalized spacial score (nSPS) is 27.7. The van der Waals surface area contributed by atoms with Crippen LogP contribution >= 0.6 is 0 Å². The molecule has 3 nitrogen and oxygen atoms in total. The fraction of sp³-hybridized carbons (Fsp3) is 0.700. The molecule has 0 spiro atoms. The topological polar surface area (TPSA) is 55.1 Å². The fourth-order valence-corrected chi connectivity index (χ4v) is 1.75. The first-order chi connectivity index (χ1) is 6.25. The summed E-state index contributed by atoms with van der Waals surface area (Å²) in [6.07, 6.45) is 9.14. The van der Waals surface area contributed by atoms with Gasteiger partial charge in [-0.1, -0.05) is 18.8 Å². The highest BCUT2D eigenvalue weighted by molar-refractivity contribution is 5.79. The van der Waals surface area contributed by atoms with Crippen molar-refractivity contribution in [2.45, 2.75) is 31.7 Å². The van der Waals surface area contributed by atoms with Crippen molar-refractivity contribution in [1.82, 2.24) is 5.32 Å². The molecule has 0 aromatic carbocycles. The van der Waals surface area contributed by atoms with Crippen LogP contribution in [0.4, 0.5) is 0 Å². The maximum Gasteiger partial charge on any atom is 0.225 e. The van der Waals surface area contributed by atoms with Crippen LogP contribution in [-0.2, 0) is 4.79 Å². The van der Waals surface area contributed by atoms with Crippen molar-refractivity contribution in [3.05, 3.63) is 0 Å². The smallest absolute Gasteiger partial charge is 0.225 e. The van der Waals surface area contributed by atoms with E-state index in [-0.39, 0.29) is 17.9 Å². The minimum Gasteiger partial charge on any atom is -0.345 e. The summed E-state index contributed by atoms with van der Waals surface area (Å²) in [4.78, 5) is 11.5. The van der Waals surface area contributed by atoms with Gasteiger partial charge >= 0.3 is 0 Å². The lowest BCUT2D eigenvalue weighted by Gasteiger charge is -2.27. The predicted octanol–water partition coefficient (Wildman–Crippen LogP) is 0.253. The summed E-state index contributed by atoms with van der Waals surface area (Å²) in [6.45, 7) is 0.308. The van der Waals surface area contributed by atoms with Crippen LogP contribution in [0, 0.1) is 18.3 Å². The van der Waals surface area contributed by atoms with Crippen molar-refractivity contribution < 1.29 is 4.79 Å². The molecular formula is C10H16N2O. The van der Waals surface area contributed by atoms with Crippen molar-refractivity contribution in [2.24, 2.45) is 11.7 Å². The van der Waals surface area contributed by atoms with Gasteiger partial charge in [0.15, 0.2) is 0 Å². The SMILES string of the molecule is C#CCNC(=O)[C@H]1CCCC[C@@H]1N. The number of hydrogen-bond donors (Lipinski definition) is 2. The van der Waals surface area contributed by atoms with Gasteiger partial charge in [-0.25, -0.2) is 0 Å². The molecule has 0 radical (unpaired) electrons. The number of carbonyl (C=O) groups excluding carboxylic acids is 1. The van der Waals surface area contributed by atoms with Gasteiger partial charge in [-0.15, -0.1) is 6.42 Å². The van der Waals surface area contributed by atoms with E-state index in [4.69, 9.17) is 12.2 Å². The highest BCUT2D eigenvalue weighted by Crippen LogP contribution is 2.22. The number of nitrogens with one attached hydrogen (secondary N) is 1. The third-order valence-electron chi connectivity index (χ3n) is 2.52. The molecule has 0 aliphatic heterocycles. The molecule has 0 saturated heterocycles. The van der Waals surface area contributed by atoms with Gasteiger partial charge in [0.2, 0.25) is 5.91 Å². The molecule has 1 rings (SSSR count). The lowest BCUT2D eigenvalue weighted by molar-refractivity contribution is -0.126. The van der Waals surface area contributed by atoms with E-state index in [0.717, 1.165) is 25.7 Å². The van der Waals surface area contributed by atoms with Gasteiger partial charge < -0.3 is 11.1 Å². The van der Waals surface area contributed by atoms with E-state index in [9.17, 15) is 4.79 Å². The third-order valence-corrected chi connectivity index (χ3v) is 2.52. The zero-order chi connectivity index (χ0) is 9.68. The first kappa shape index (κ1) is 10.1. The molecule has 13 heavy (non-hydrogen) atoms. The molecule has 0 aromatic rings. The monoisotopic (exact) mass is 180 g/mol. The molecule has 0 unspecified atom stereocenters. The molecule has 1 aliphatic carbocycles. The third kappa shape index (κ3) is 2.74. The quantitative estimate of drug-likeness (QED) is 0.599. The Balaban J connectivity index is 2.40. The summed E-state index contributed by atoms with van der Waals surface area (Å²) >= 11 is 0. The van der Waals surface area contributed by atoms with E-state index in [2.05, 4.69) is 11.2 Å². The molecule has 3 N–H and O–H groups in total. The van der Waals surface area contributed by atoms with Crippen molar-refractivity contribution >= 4 is 5.91 Å². The summed E-state index contributed by atoms with van der Waals surface area (Å²) in [7, 11) is 0. The number of terminal acetylenes is 1.